The first-order valence-electron chi connectivity index (χ1n) is 12.8. The number of ether oxygens (including phenoxy) is 1. The van der Waals surface area contributed by atoms with Gasteiger partial charge in [0.15, 0.2) is 6.61 Å². The fourth-order valence-electron chi connectivity index (χ4n) is 4.14. The predicted molar refractivity (Wildman–Crippen MR) is 150 cm³/mol. The van der Waals surface area contributed by atoms with Crippen LogP contribution >= 0.6 is 11.6 Å². The van der Waals surface area contributed by atoms with Crippen molar-refractivity contribution in [1.29, 1.82) is 0 Å². The van der Waals surface area contributed by atoms with Gasteiger partial charge in [0.2, 0.25) is 5.91 Å². The van der Waals surface area contributed by atoms with Crippen LogP contribution in [0.1, 0.15) is 50.8 Å². The Hall–Kier alpha value is -3.31. The summed E-state index contributed by atoms with van der Waals surface area (Å²) in [5, 5.41) is 3.61. The number of amides is 2. The Bertz CT molecular complexity index is 1160. The van der Waals surface area contributed by atoms with E-state index in [1.54, 1.807) is 17.0 Å². The molecule has 5 nitrogen and oxygen atoms in total. The van der Waals surface area contributed by atoms with Crippen LogP contribution in [0.25, 0.3) is 0 Å². The summed E-state index contributed by atoms with van der Waals surface area (Å²) in [7, 11) is 0. The van der Waals surface area contributed by atoms with Gasteiger partial charge in [-0.15, -0.1) is 0 Å². The first-order valence-corrected chi connectivity index (χ1v) is 13.1. The minimum atomic E-state index is -0.696. The minimum Gasteiger partial charge on any atom is -0.483 e. The normalized spacial score (nSPS) is 12.0. The number of nitrogens with one attached hydrogen (secondary N) is 1. The van der Waals surface area contributed by atoms with Crippen LogP contribution in [0.2, 0.25) is 5.02 Å². The van der Waals surface area contributed by atoms with Crippen molar-refractivity contribution in [2.24, 2.45) is 0 Å². The molecule has 3 aromatic carbocycles. The van der Waals surface area contributed by atoms with Gasteiger partial charge in [0, 0.05) is 24.5 Å². The molecule has 0 bridgehead atoms. The van der Waals surface area contributed by atoms with Crippen LogP contribution in [0.3, 0.4) is 0 Å². The zero-order valence-corrected chi connectivity index (χ0v) is 22.9. The van der Waals surface area contributed by atoms with Gasteiger partial charge in [-0.1, -0.05) is 100.0 Å². The van der Waals surface area contributed by atoms with Crippen molar-refractivity contribution in [3.05, 3.63) is 101 Å². The van der Waals surface area contributed by atoms with Crippen LogP contribution in [0.15, 0.2) is 78.9 Å². The van der Waals surface area contributed by atoms with Crippen molar-refractivity contribution < 1.29 is 14.3 Å². The quantitative estimate of drug-likeness (QED) is 0.328. The molecule has 2 amide bonds. The third-order valence-corrected chi connectivity index (χ3v) is 6.38. The number of carbonyl (C=O) groups excluding carboxylic acids is 2. The maximum absolute atomic E-state index is 13.8. The molecule has 0 saturated carbocycles. The Kier molecular flexibility index (Phi) is 10.2. The van der Waals surface area contributed by atoms with Crippen LogP contribution in [-0.4, -0.2) is 35.9 Å². The Morgan fingerprint density at radius 2 is 1.57 bits per heavy atom. The number of carbonyl (C=O) groups is 2. The Labute approximate surface area is 225 Å². The van der Waals surface area contributed by atoms with Crippen molar-refractivity contribution in [2.45, 2.75) is 58.5 Å². The van der Waals surface area contributed by atoms with E-state index in [9.17, 15) is 9.59 Å². The van der Waals surface area contributed by atoms with Crippen molar-refractivity contribution in [1.82, 2.24) is 10.2 Å². The fraction of sp³-hybridized carbons (Fsp3) is 0.355. The first kappa shape index (κ1) is 28.3. The van der Waals surface area contributed by atoms with E-state index in [1.165, 1.54) is 0 Å². The molecule has 196 valence electrons. The van der Waals surface area contributed by atoms with Gasteiger partial charge in [0.05, 0.1) is 0 Å². The second-order valence-electron chi connectivity index (χ2n) is 10.2. The van der Waals surface area contributed by atoms with E-state index in [4.69, 9.17) is 16.3 Å². The molecule has 0 aliphatic heterocycles. The van der Waals surface area contributed by atoms with E-state index in [0.29, 0.717) is 23.7 Å². The molecular weight excluding hydrogens is 484 g/mol. The van der Waals surface area contributed by atoms with Crippen LogP contribution in [0.5, 0.6) is 5.75 Å². The summed E-state index contributed by atoms with van der Waals surface area (Å²) >= 11 is 6.09. The molecule has 0 heterocycles. The molecule has 0 saturated heterocycles. The number of para-hydroxylation sites is 1. The number of rotatable bonds is 11. The monoisotopic (exact) mass is 520 g/mol. The highest BCUT2D eigenvalue weighted by Crippen LogP contribution is 2.31. The lowest BCUT2D eigenvalue weighted by atomic mass is 9.86. The summed E-state index contributed by atoms with van der Waals surface area (Å²) < 4.78 is 6.08. The van der Waals surface area contributed by atoms with Gasteiger partial charge in [-0.25, -0.2) is 0 Å². The Morgan fingerprint density at radius 3 is 2.22 bits per heavy atom. The minimum absolute atomic E-state index is 0.140. The molecule has 0 aliphatic rings. The van der Waals surface area contributed by atoms with Gasteiger partial charge < -0.3 is 15.0 Å². The molecular formula is C31H37ClN2O3. The highest BCUT2D eigenvalue weighted by Gasteiger charge is 2.31. The zero-order chi connectivity index (χ0) is 26.8. The molecule has 0 spiro atoms. The zero-order valence-electron chi connectivity index (χ0n) is 22.2. The number of hydrogen-bond donors (Lipinski definition) is 1. The van der Waals surface area contributed by atoms with Gasteiger partial charge in [-0.2, -0.15) is 0 Å². The van der Waals surface area contributed by atoms with Crippen LogP contribution in [0, 0.1) is 0 Å². The van der Waals surface area contributed by atoms with Crippen molar-refractivity contribution in [3.63, 3.8) is 0 Å². The molecule has 0 radical (unpaired) electrons. The van der Waals surface area contributed by atoms with E-state index in [1.807, 2.05) is 73.7 Å². The van der Waals surface area contributed by atoms with Crippen LogP contribution < -0.4 is 10.1 Å². The first-order chi connectivity index (χ1) is 17.7. The molecule has 0 fully saturated rings. The topological polar surface area (TPSA) is 58.6 Å². The second-order valence-corrected chi connectivity index (χ2v) is 10.6. The molecule has 0 aliphatic carbocycles. The lowest BCUT2D eigenvalue weighted by Crippen LogP contribution is -2.51. The SMILES string of the molecule is CCCNC(=O)[C@@H](Cc1ccccc1)N(Cc1ccc(Cl)cc1)C(=O)COc1ccccc1C(C)(C)C. The van der Waals surface area contributed by atoms with Crippen molar-refractivity contribution >= 4 is 23.4 Å². The Balaban J connectivity index is 1.92. The predicted octanol–water partition coefficient (Wildman–Crippen LogP) is 6.18. The highest BCUT2D eigenvalue weighted by atomic mass is 35.5. The van der Waals surface area contributed by atoms with E-state index in [2.05, 4.69) is 26.1 Å². The molecule has 1 atom stereocenters. The third-order valence-electron chi connectivity index (χ3n) is 6.13. The number of halogens is 1. The summed E-state index contributed by atoms with van der Waals surface area (Å²) in [6.07, 6.45) is 1.20. The van der Waals surface area contributed by atoms with E-state index in [-0.39, 0.29) is 30.4 Å². The molecule has 3 rings (SSSR count). The standard InChI is InChI=1S/C31H37ClN2O3/c1-5-19-33-30(36)27(20-23-11-7-6-8-12-23)34(21-24-15-17-25(32)18-16-24)29(35)22-37-28-14-10-9-13-26(28)31(2,3)4/h6-18,27H,5,19-22H2,1-4H3,(H,33,36)/t27-/m1/s1. The smallest absolute Gasteiger partial charge is 0.261 e. The number of nitrogens with zero attached hydrogens (tertiary/aromatic N) is 1. The summed E-state index contributed by atoms with van der Waals surface area (Å²) in [5.74, 6) is 0.235. The molecule has 1 N–H and O–H groups in total. The van der Waals surface area contributed by atoms with Crippen LogP contribution in [0.4, 0.5) is 0 Å². The van der Waals surface area contributed by atoms with E-state index in [0.717, 1.165) is 23.1 Å². The van der Waals surface area contributed by atoms with Crippen molar-refractivity contribution in [3.8, 4) is 5.75 Å². The summed E-state index contributed by atoms with van der Waals surface area (Å²) in [6, 6.07) is 24.2. The third kappa shape index (κ3) is 8.36. The molecule has 0 aromatic heterocycles. The summed E-state index contributed by atoms with van der Waals surface area (Å²) in [6.45, 7) is 8.96. The van der Waals surface area contributed by atoms with Gasteiger partial charge in [0.25, 0.3) is 5.91 Å². The largest absolute Gasteiger partial charge is 0.483 e. The van der Waals surface area contributed by atoms with Gasteiger partial charge in [-0.05, 0) is 46.7 Å². The van der Waals surface area contributed by atoms with Gasteiger partial charge in [-0.3, -0.25) is 9.59 Å². The van der Waals surface area contributed by atoms with E-state index >= 15 is 0 Å². The molecule has 6 heteroatoms. The maximum Gasteiger partial charge on any atom is 0.261 e. The summed E-state index contributed by atoms with van der Waals surface area (Å²) in [5.41, 5.74) is 2.74. The Morgan fingerprint density at radius 1 is 0.919 bits per heavy atom. The van der Waals surface area contributed by atoms with Gasteiger partial charge in [0.1, 0.15) is 11.8 Å². The number of benzene rings is 3. The summed E-state index contributed by atoms with van der Waals surface area (Å²) in [4.78, 5) is 28.8. The average Bonchev–Trinajstić information content (AvgIpc) is 2.89. The molecule has 37 heavy (non-hydrogen) atoms. The van der Waals surface area contributed by atoms with Crippen LogP contribution in [-0.2, 0) is 28.0 Å². The fourth-order valence-corrected chi connectivity index (χ4v) is 4.27. The van der Waals surface area contributed by atoms with E-state index < -0.39 is 6.04 Å². The molecule has 0 unspecified atom stereocenters. The second kappa shape index (κ2) is 13.3. The number of hydrogen-bond acceptors (Lipinski definition) is 3. The van der Waals surface area contributed by atoms with Gasteiger partial charge >= 0.3 is 0 Å². The van der Waals surface area contributed by atoms with Crippen molar-refractivity contribution in [2.75, 3.05) is 13.2 Å². The molecule has 3 aromatic rings. The highest BCUT2D eigenvalue weighted by molar-refractivity contribution is 6.30. The maximum atomic E-state index is 13.8. The average molecular weight is 521 g/mol. The lowest BCUT2D eigenvalue weighted by Gasteiger charge is -2.32. The lowest BCUT2D eigenvalue weighted by molar-refractivity contribution is -0.142.